The normalized spacial score (nSPS) is 23.3. The minimum atomic E-state index is 0.588. The van der Waals surface area contributed by atoms with E-state index in [0.29, 0.717) is 6.04 Å². The molecule has 0 aromatic heterocycles. The van der Waals surface area contributed by atoms with Gasteiger partial charge in [-0.25, -0.2) is 0 Å². The van der Waals surface area contributed by atoms with Crippen LogP contribution in [-0.4, -0.2) is 25.7 Å². The Balaban J connectivity index is 2.05. The van der Waals surface area contributed by atoms with Crippen molar-refractivity contribution in [3.8, 4) is 0 Å². The van der Waals surface area contributed by atoms with Gasteiger partial charge in [-0.05, 0) is 38.4 Å². The van der Waals surface area contributed by atoms with Crippen molar-refractivity contribution >= 4 is 5.69 Å². The van der Waals surface area contributed by atoms with E-state index in [1.807, 2.05) is 0 Å². The number of anilines is 1. The molecule has 0 radical (unpaired) electrons. The predicted molar refractivity (Wildman–Crippen MR) is 65.4 cm³/mol. The van der Waals surface area contributed by atoms with Gasteiger partial charge in [0, 0.05) is 24.8 Å². The Bertz CT molecular complexity index is 284. The number of para-hydroxylation sites is 1. The second-order valence-corrected chi connectivity index (χ2v) is 4.34. The Morgan fingerprint density at radius 3 is 2.80 bits per heavy atom. The van der Waals surface area contributed by atoms with Crippen LogP contribution in [0.5, 0.6) is 0 Å². The van der Waals surface area contributed by atoms with E-state index in [9.17, 15) is 0 Å². The molecule has 2 nitrogen and oxygen atoms in total. The third-order valence-corrected chi connectivity index (χ3v) is 2.96. The summed E-state index contributed by atoms with van der Waals surface area (Å²) in [6.45, 7) is 5.74. The molecule has 82 valence electrons. The summed E-state index contributed by atoms with van der Waals surface area (Å²) in [6, 6.07) is 11.3. The molecule has 2 rings (SSSR count). The van der Waals surface area contributed by atoms with Crippen LogP contribution >= 0.6 is 0 Å². The average molecular weight is 204 g/mol. The molecule has 2 heteroatoms. The first-order chi connectivity index (χ1) is 7.36. The third-order valence-electron chi connectivity index (χ3n) is 2.96. The highest BCUT2D eigenvalue weighted by Crippen LogP contribution is 2.15. The van der Waals surface area contributed by atoms with Gasteiger partial charge in [0.15, 0.2) is 0 Å². The zero-order valence-electron chi connectivity index (χ0n) is 9.45. The number of hydrogen-bond donors (Lipinski definition) is 1. The minimum Gasteiger partial charge on any atom is -0.370 e. The molecule has 1 aliphatic heterocycles. The predicted octanol–water partition coefficient (Wildman–Crippen LogP) is 2.26. The Morgan fingerprint density at radius 1 is 1.20 bits per heavy atom. The van der Waals surface area contributed by atoms with Gasteiger partial charge in [-0.2, -0.15) is 0 Å². The van der Waals surface area contributed by atoms with E-state index in [2.05, 4.69) is 47.5 Å². The molecular weight excluding hydrogens is 184 g/mol. The molecule has 1 saturated heterocycles. The largest absolute Gasteiger partial charge is 0.370 e. The first-order valence-electron chi connectivity index (χ1n) is 5.89. The first kappa shape index (κ1) is 10.5. The Kier molecular flexibility index (Phi) is 3.62. The van der Waals surface area contributed by atoms with Gasteiger partial charge in [-0.15, -0.1) is 0 Å². The van der Waals surface area contributed by atoms with Crippen molar-refractivity contribution in [1.29, 1.82) is 0 Å². The third kappa shape index (κ3) is 2.96. The van der Waals surface area contributed by atoms with Crippen LogP contribution in [0.25, 0.3) is 0 Å². The van der Waals surface area contributed by atoms with Gasteiger partial charge in [-0.1, -0.05) is 18.2 Å². The van der Waals surface area contributed by atoms with Gasteiger partial charge in [0.05, 0.1) is 0 Å². The molecule has 1 unspecified atom stereocenters. The topological polar surface area (TPSA) is 15.3 Å². The van der Waals surface area contributed by atoms with Gasteiger partial charge in [0.2, 0.25) is 0 Å². The van der Waals surface area contributed by atoms with Crippen LogP contribution in [0.1, 0.15) is 19.8 Å². The summed E-state index contributed by atoms with van der Waals surface area (Å²) in [6.07, 6.45) is 2.57. The molecule has 1 aromatic rings. The smallest absolute Gasteiger partial charge is 0.0366 e. The van der Waals surface area contributed by atoms with Crippen LogP contribution in [-0.2, 0) is 0 Å². The quantitative estimate of drug-likeness (QED) is 0.755. The average Bonchev–Trinajstić information content (AvgIpc) is 2.24. The van der Waals surface area contributed by atoms with E-state index in [0.717, 1.165) is 6.54 Å². The van der Waals surface area contributed by atoms with Crippen molar-refractivity contribution in [2.75, 3.05) is 24.5 Å². The molecular formula is C13H20N2. The summed E-state index contributed by atoms with van der Waals surface area (Å²) < 4.78 is 0. The van der Waals surface area contributed by atoms with Crippen LogP contribution < -0.4 is 10.2 Å². The van der Waals surface area contributed by atoms with Crippen LogP contribution in [0.15, 0.2) is 30.3 Å². The highest BCUT2D eigenvalue weighted by atomic mass is 15.2. The van der Waals surface area contributed by atoms with E-state index >= 15 is 0 Å². The standard InChI is InChI=1S/C13H20N2/c1-12-11-15(10-6-5-9-14-12)13-7-3-2-4-8-13/h2-4,7-8,12,14H,5-6,9-11H2,1H3. The fourth-order valence-electron chi connectivity index (χ4n) is 2.14. The molecule has 0 bridgehead atoms. The van der Waals surface area contributed by atoms with E-state index < -0.39 is 0 Å². The van der Waals surface area contributed by atoms with E-state index in [-0.39, 0.29) is 0 Å². The van der Waals surface area contributed by atoms with Crippen molar-refractivity contribution < 1.29 is 0 Å². The number of rotatable bonds is 1. The number of nitrogens with one attached hydrogen (secondary N) is 1. The summed E-state index contributed by atoms with van der Waals surface area (Å²) in [5.74, 6) is 0. The highest BCUT2D eigenvalue weighted by Gasteiger charge is 2.12. The molecule has 1 fully saturated rings. The molecule has 0 amide bonds. The van der Waals surface area contributed by atoms with Crippen molar-refractivity contribution in [3.63, 3.8) is 0 Å². The van der Waals surface area contributed by atoms with E-state index in [1.165, 1.54) is 31.6 Å². The van der Waals surface area contributed by atoms with Crippen LogP contribution in [0.4, 0.5) is 5.69 Å². The van der Waals surface area contributed by atoms with Crippen molar-refractivity contribution in [2.45, 2.75) is 25.8 Å². The lowest BCUT2D eigenvalue weighted by Gasteiger charge is -2.30. The van der Waals surface area contributed by atoms with Crippen molar-refractivity contribution in [2.24, 2.45) is 0 Å². The molecule has 1 aromatic carbocycles. The maximum Gasteiger partial charge on any atom is 0.0366 e. The molecule has 0 spiro atoms. The van der Waals surface area contributed by atoms with Gasteiger partial charge in [-0.3, -0.25) is 0 Å². The lowest BCUT2D eigenvalue weighted by Crippen LogP contribution is -2.42. The fourth-order valence-corrected chi connectivity index (χ4v) is 2.14. The van der Waals surface area contributed by atoms with E-state index in [4.69, 9.17) is 0 Å². The summed E-state index contributed by atoms with van der Waals surface area (Å²) >= 11 is 0. The second-order valence-electron chi connectivity index (χ2n) is 4.34. The number of hydrogen-bond acceptors (Lipinski definition) is 2. The van der Waals surface area contributed by atoms with Gasteiger partial charge >= 0.3 is 0 Å². The van der Waals surface area contributed by atoms with Crippen LogP contribution in [0.3, 0.4) is 0 Å². The number of nitrogens with zero attached hydrogens (tertiary/aromatic N) is 1. The minimum absolute atomic E-state index is 0.588. The molecule has 15 heavy (non-hydrogen) atoms. The molecule has 1 N–H and O–H groups in total. The monoisotopic (exact) mass is 204 g/mol. The molecule has 0 saturated carbocycles. The lowest BCUT2D eigenvalue weighted by atomic mass is 10.1. The van der Waals surface area contributed by atoms with E-state index in [1.54, 1.807) is 0 Å². The summed E-state index contributed by atoms with van der Waals surface area (Å²) in [5, 5.41) is 3.54. The summed E-state index contributed by atoms with van der Waals surface area (Å²) in [7, 11) is 0. The van der Waals surface area contributed by atoms with Crippen molar-refractivity contribution in [1.82, 2.24) is 5.32 Å². The Hall–Kier alpha value is -1.02. The molecule has 0 aliphatic carbocycles. The SMILES string of the molecule is CC1CN(c2ccccc2)CCCCN1. The van der Waals surface area contributed by atoms with Gasteiger partial charge < -0.3 is 10.2 Å². The maximum absolute atomic E-state index is 3.54. The molecule has 1 heterocycles. The van der Waals surface area contributed by atoms with Gasteiger partial charge in [0.1, 0.15) is 0 Å². The summed E-state index contributed by atoms with van der Waals surface area (Å²) in [5.41, 5.74) is 1.35. The first-order valence-corrected chi connectivity index (χ1v) is 5.89. The fraction of sp³-hybridized carbons (Fsp3) is 0.538. The zero-order valence-corrected chi connectivity index (χ0v) is 9.45. The van der Waals surface area contributed by atoms with Gasteiger partial charge in [0.25, 0.3) is 0 Å². The highest BCUT2D eigenvalue weighted by molar-refractivity contribution is 5.46. The second kappa shape index (κ2) is 5.17. The van der Waals surface area contributed by atoms with Crippen LogP contribution in [0.2, 0.25) is 0 Å². The van der Waals surface area contributed by atoms with Crippen molar-refractivity contribution in [3.05, 3.63) is 30.3 Å². The molecule has 1 aliphatic rings. The Labute approximate surface area is 92.3 Å². The maximum atomic E-state index is 3.54. The lowest BCUT2D eigenvalue weighted by molar-refractivity contribution is 0.485. The number of benzene rings is 1. The Morgan fingerprint density at radius 2 is 2.00 bits per heavy atom. The summed E-state index contributed by atoms with van der Waals surface area (Å²) in [4.78, 5) is 2.48. The van der Waals surface area contributed by atoms with Crippen LogP contribution in [0, 0.1) is 0 Å². The zero-order chi connectivity index (χ0) is 10.5. The molecule has 1 atom stereocenters.